The van der Waals surface area contributed by atoms with Crippen molar-refractivity contribution >= 4 is 35.5 Å². The molecular formula is C9H15ClN2S2. The van der Waals surface area contributed by atoms with Gasteiger partial charge in [-0.1, -0.05) is 11.8 Å². The number of nitrogens with one attached hydrogen (secondary N) is 1. The van der Waals surface area contributed by atoms with Crippen molar-refractivity contribution in [3.8, 4) is 0 Å². The Balaban J connectivity index is 0.000000980. The predicted octanol–water partition coefficient (Wildman–Crippen LogP) is 2.66. The fourth-order valence-corrected chi connectivity index (χ4v) is 3.37. The van der Waals surface area contributed by atoms with E-state index in [9.17, 15) is 0 Å². The van der Waals surface area contributed by atoms with Crippen molar-refractivity contribution in [2.75, 3.05) is 18.8 Å². The van der Waals surface area contributed by atoms with E-state index >= 15 is 0 Å². The van der Waals surface area contributed by atoms with Crippen LogP contribution in [0, 0.1) is 5.92 Å². The van der Waals surface area contributed by atoms with Gasteiger partial charge in [-0.2, -0.15) is 0 Å². The Morgan fingerprint density at radius 2 is 2.29 bits per heavy atom. The molecule has 0 aliphatic carbocycles. The lowest BCUT2D eigenvalue weighted by atomic mass is 10.0. The molecule has 1 fully saturated rings. The molecule has 14 heavy (non-hydrogen) atoms. The molecule has 1 aromatic rings. The van der Waals surface area contributed by atoms with Crippen molar-refractivity contribution in [3.05, 3.63) is 11.6 Å². The zero-order valence-corrected chi connectivity index (χ0v) is 10.4. The summed E-state index contributed by atoms with van der Waals surface area (Å²) in [7, 11) is 0. The summed E-state index contributed by atoms with van der Waals surface area (Å²) in [4.78, 5) is 4.27. The van der Waals surface area contributed by atoms with Gasteiger partial charge in [-0.05, 0) is 31.8 Å². The second-order valence-corrected chi connectivity index (χ2v) is 5.46. The number of thioether (sulfide) groups is 1. The smallest absolute Gasteiger partial charge is 0.149 e. The Labute approximate surface area is 99.3 Å². The lowest BCUT2D eigenvalue weighted by molar-refractivity contribution is 0.408. The first-order valence-electron chi connectivity index (χ1n) is 4.68. The highest BCUT2D eigenvalue weighted by Crippen LogP contribution is 2.25. The Bertz CT molecular complexity index is 235. The number of aromatic nitrogens is 1. The van der Waals surface area contributed by atoms with Crippen LogP contribution in [0.2, 0.25) is 0 Å². The molecular weight excluding hydrogens is 236 g/mol. The van der Waals surface area contributed by atoms with Crippen molar-refractivity contribution in [2.24, 2.45) is 5.92 Å². The molecule has 0 atom stereocenters. The summed E-state index contributed by atoms with van der Waals surface area (Å²) < 4.78 is 1.22. The quantitative estimate of drug-likeness (QED) is 0.835. The van der Waals surface area contributed by atoms with E-state index in [0.717, 1.165) is 5.92 Å². The molecule has 0 unspecified atom stereocenters. The number of rotatable bonds is 3. The molecule has 5 heteroatoms. The van der Waals surface area contributed by atoms with Crippen LogP contribution in [-0.4, -0.2) is 23.8 Å². The van der Waals surface area contributed by atoms with Gasteiger partial charge in [-0.15, -0.1) is 23.7 Å². The minimum Gasteiger partial charge on any atom is -0.317 e. The van der Waals surface area contributed by atoms with Crippen LogP contribution in [0.25, 0.3) is 0 Å². The molecule has 80 valence electrons. The molecule has 1 aliphatic heterocycles. The maximum Gasteiger partial charge on any atom is 0.149 e. The fraction of sp³-hybridized carbons (Fsp3) is 0.667. The number of halogens is 1. The van der Waals surface area contributed by atoms with Gasteiger partial charge in [-0.25, -0.2) is 4.98 Å². The van der Waals surface area contributed by atoms with Gasteiger partial charge < -0.3 is 5.32 Å². The Morgan fingerprint density at radius 3 is 2.93 bits per heavy atom. The summed E-state index contributed by atoms with van der Waals surface area (Å²) in [5, 5.41) is 5.43. The van der Waals surface area contributed by atoms with Crippen LogP contribution >= 0.6 is 35.5 Å². The molecule has 0 bridgehead atoms. The average molecular weight is 251 g/mol. The van der Waals surface area contributed by atoms with Crippen LogP contribution in [0.5, 0.6) is 0 Å². The molecule has 1 aromatic heterocycles. The first-order valence-corrected chi connectivity index (χ1v) is 6.54. The lowest BCUT2D eigenvalue weighted by Gasteiger charge is -2.21. The largest absolute Gasteiger partial charge is 0.317 e. The zero-order valence-electron chi connectivity index (χ0n) is 7.94. The Kier molecular flexibility index (Phi) is 5.86. The summed E-state index contributed by atoms with van der Waals surface area (Å²) in [5.74, 6) is 2.14. The van der Waals surface area contributed by atoms with Gasteiger partial charge in [0.2, 0.25) is 0 Å². The number of piperidine rings is 1. The fourth-order valence-electron chi connectivity index (χ4n) is 1.52. The third-order valence-corrected chi connectivity index (χ3v) is 4.51. The molecule has 0 spiro atoms. The van der Waals surface area contributed by atoms with Crippen LogP contribution in [0.4, 0.5) is 0 Å². The lowest BCUT2D eigenvalue weighted by Crippen LogP contribution is -2.28. The van der Waals surface area contributed by atoms with E-state index in [2.05, 4.69) is 10.3 Å². The van der Waals surface area contributed by atoms with Gasteiger partial charge in [-0.3, -0.25) is 0 Å². The van der Waals surface area contributed by atoms with Crippen molar-refractivity contribution < 1.29 is 0 Å². The maximum atomic E-state index is 4.27. The standard InChI is InChI=1S/C9H14N2S2.ClH/c1-3-10-4-2-8(1)7-13-9-11-5-6-12-9;/h5-6,8,10H,1-4,7H2;1H. The topological polar surface area (TPSA) is 24.9 Å². The van der Waals surface area contributed by atoms with Gasteiger partial charge in [0.05, 0.1) is 0 Å². The highest BCUT2D eigenvalue weighted by molar-refractivity contribution is 8.01. The number of thiazole rings is 1. The molecule has 1 aliphatic rings. The molecule has 0 amide bonds. The van der Waals surface area contributed by atoms with E-state index in [-0.39, 0.29) is 12.4 Å². The summed E-state index contributed by atoms with van der Waals surface area (Å²) in [6.45, 7) is 2.40. The highest BCUT2D eigenvalue weighted by atomic mass is 35.5. The van der Waals surface area contributed by atoms with Gasteiger partial charge >= 0.3 is 0 Å². The summed E-state index contributed by atoms with van der Waals surface area (Å²) in [6.07, 6.45) is 4.55. The average Bonchev–Trinajstić information content (AvgIpc) is 2.69. The minimum absolute atomic E-state index is 0. The predicted molar refractivity (Wildman–Crippen MR) is 65.7 cm³/mol. The summed E-state index contributed by atoms with van der Waals surface area (Å²) in [6, 6.07) is 0. The normalized spacial score (nSPS) is 17.7. The van der Waals surface area contributed by atoms with Crippen LogP contribution < -0.4 is 5.32 Å². The SMILES string of the molecule is Cl.c1csc(SCC2CCNCC2)n1. The van der Waals surface area contributed by atoms with Crippen molar-refractivity contribution in [1.29, 1.82) is 0 Å². The van der Waals surface area contributed by atoms with Gasteiger partial charge in [0.25, 0.3) is 0 Å². The van der Waals surface area contributed by atoms with Crippen LogP contribution in [0.1, 0.15) is 12.8 Å². The van der Waals surface area contributed by atoms with Crippen LogP contribution in [-0.2, 0) is 0 Å². The molecule has 1 N–H and O–H groups in total. The van der Waals surface area contributed by atoms with Crippen molar-refractivity contribution in [2.45, 2.75) is 17.2 Å². The first-order chi connectivity index (χ1) is 6.45. The minimum atomic E-state index is 0. The van der Waals surface area contributed by atoms with E-state index in [1.165, 1.54) is 36.0 Å². The van der Waals surface area contributed by atoms with Crippen LogP contribution in [0.15, 0.2) is 15.9 Å². The van der Waals surface area contributed by atoms with Crippen molar-refractivity contribution in [3.63, 3.8) is 0 Å². The molecule has 0 radical (unpaired) electrons. The Morgan fingerprint density at radius 1 is 1.50 bits per heavy atom. The van der Waals surface area contributed by atoms with Gasteiger partial charge in [0.1, 0.15) is 4.34 Å². The molecule has 0 aromatic carbocycles. The second-order valence-electron chi connectivity index (χ2n) is 3.30. The molecule has 2 rings (SSSR count). The molecule has 0 saturated carbocycles. The maximum absolute atomic E-state index is 4.27. The monoisotopic (exact) mass is 250 g/mol. The van der Waals surface area contributed by atoms with E-state index in [1.807, 2.05) is 23.3 Å². The van der Waals surface area contributed by atoms with E-state index in [1.54, 1.807) is 11.3 Å². The third kappa shape index (κ3) is 3.77. The van der Waals surface area contributed by atoms with E-state index in [4.69, 9.17) is 0 Å². The molecule has 1 saturated heterocycles. The summed E-state index contributed by atoms with van der Waals surface area (Å²) in [5.41, 5.74) is 0. The third-order valence-electron chi connectivity index (χ3n) is 2.31. The van der Waals surface area contributed by atoms with Gasteiger partial charge in [0, 0.05) is 17.3 Å². The summed E-state index contributed by atoms with van der Waals surface area (Å²) >= 11 is 3.66. The van der Waals surface area contributed by atoms with Crippen LogP contribution in [0.3, 0.4) is 0 Å². The number of hydrogen-bond acceptors (Lipinski definition) is 4. The molecule has 2 nitrogen and oxygen atoms in total. The Hall–Kier alpha value is 0.230. The second kappa shape index (κ2) is 6.67. The highest BCUT2D eigenvalue weighted by Gasteiger charge is 2.13. The van der Waals surface area contributed by atoms with Gasteiger partial charge in [0.15, 0.2) is 0 Å². The zero-order chi connectivity index (χ0) is 8.93. The number of nitrogens with zero attached hydrogens (tertiary/aromatic N) is 1. The van der Waals surface area contributed by atoms with E-state index < -0.39 is 0 Å². The van der Waals surface area contributed by atoms with E-state index in [0.29, 0.717) is 0 Å². The number of hydrogen-bond donors (Lipinski definition) is 1. The van der Waals surface area contributed by atoms with Crippen molar-refractivity contribution in [1.82, 2.24) is 10.3 Å². The molecule has 2 heterocycles. The first kappa shape index (κ1) is 12.3.